The molecule has 0 aliphatic carbocycles. The van der Waals surface area contributed by atoms with Crippen molar-refractivity contribution in [3.63, 3.8) is 0 Å². The van der Waals surface area contributed by atoms with Gasteiger partial charge in [0.05, 0.1) is 17.1 Å². The number of nitrogens with zero attached hydrogens (tertiary/aromatic N) is 3. The Morgan fingerprint density at radius 2 is 1.75 bits per heavy atom. The zero-order valence-corrected chi connectivity index (χ0v) is 17.5. The lowest BCUT2D eigenvalue weighted by Crippen LogP contribution is -2.40. The van der Waals surface area contributed by atoms with Crippen LogP contribution in [0.4, 0.5) is 5.69 Å². The lowest BCUT2D eigenvalue weighted by Gasteiger charge is -2.24. The molecule has 160 valence electrons. The summed E-state index contributed by atoms with van der Waals surface area (Å²) in [6.07, 6.45) is 3.32. The summed E-state index contributed by atoms with van der Waals surface area (Å²) in [4.78, 5) is 23.5. The van der Waals surface area contributed by atoms with Crippen LogP contribution in [0.2, 0.25) is 0 Å². The van der Waals surface area contributed by atoms with Crippen LogP contribution < -0.4 is 10.0 Å². The molecule has 0 fully saturated rings. The van der Waals surface area contributed by atoms with E-state index in [1.807, 2.05) is 18.2 Å². The molecule has 5 rings (SSSR count). The van der Waals surface area contributed by atoms with Gasteiger partial charge in [-0.25, -0.2) is 23.5 Å². The van der Waals surface area contributed by atoms with Gasteiger partial charge in [0, 0.05) is 23.3 Å². The summed E-state index contributed by atoms with van der Waals surface area (Å²) in [5.41, 5.74) is 0.675. The first kappa shape index (κ1) is 20.3. The van der Waals surface area contributed by atoms with Gasteiger partial charge in [-0.15, -0.1) is 0 Å². The number of rotatable bonds is 4. The van der Waals surface area contributed by atoms with Crippen molar-refractivity contribution in [1.29, 1.82) is 0 Å². The van der Waals surface area contributed by atoms with E-state index in [4.69, 9.17) is 5.14 Å². The van der Waals surface area contributed by atoms with Crippen molar-refractivity contribution in [2.24, 2.45) is 5.14 Å². The molecule has 4 aromatic rings. The van der Waals surface area contributed by atoms with Crippen molar-refractivity contribution >= 4 is 32.7 Å². The second-order valence-corrected chi connectivity index (χ2v) is 9.14. The Bertz CT molecular complexity index is 1470. The Kier molecular flexibility index (Phi) is 4.55. The van der Waals surface area contributed by atoms with E-state index in [2.05, 4.69) is 9.97 Å². The van der Waals surface area contributed by atoms with Gasteiger partial charge in [-0.3, -0.25) is 4.79 Å². The number of primary sulfonamides is 1. The molecular weight excluding hydrogens is 428 g/mol. The topological polar surface area (TPSA) is 126 Å². The third-order valence-electron chi connectivity index (χ3n) is 5.59. The molecule has 1 aliphatic heterocycles. The lowest BCUT2D eigenvalue weighted by atomic mass is 9.87. The largest absolute Gasteiger partial charge is 0.372 e. The normalized spacial score (nSPS) is 18.2. The van der Waals surface area contributed by atoms with E-state index in [1.54, 1.807) is 36.7 Å². The summed E-state index contributed by atoms with van der Waals surface area (Å²) in [6, 6.07) is 18.0. The van der Waals surface area contributed by atoms with Gasteiger partial charge in [0.15, 0.2) is 11.2 Å². The van der Waals surface area contributed by atoms with Crippen molar-refractivity contribution in [2.45, 2.75) is 17.0 Å². The van der Waals surface area contributed by atoms with Crippen LogP contribution in [0.1, 0.15) is 16.7 Å². The van der Waals surface area contributed by atoms with Gasteiger partial charge in [-0.05, 0) is 47.5 Å². The Labute approximate surface area is 184 Å². The van der Waals surface area contributed by atoms with Crippen LogP contribution in [0.15, 0.2) is 84.0 Å². The third kappa shape index (κ3) is 3.14. The van der Waals surface area contributed by atoms with Crippen molar-refractivity contribution in [3.8, 4) is 0 Å². The molecule has 0 saturated heterocycles. The molecular formula is C23H18N4O4S. The number of aromatic nitrogens is 2. The van der Waals surface area contributed by atoms with E-state index in [1.165, 1.54) is 29.2 Å². The number of pyridine rings is 2. The van der Waals surface area contributed by atoms with Gasteiger partial charge >= 0.3 is 0 Å². The number of aliphatic hydroxyl groups is 1. The molecule has 0 saturated carbocycles. The van der Waals surface area contributed by atoms with Crippen LogP contribution in [-0.4, -0.2) is 29.4 Å². The molecule has 1 aliphatic rings. The summed E-state index contributed by atoms with van der Waals surface area (Å²) in [5.74, 6) is -0.534. The van der Waals surface area contributed by atoms with Crippen molar-refractivity contribution < 1.29 is 18.3 Å². The number of sulfonamides is 1. The van der Waals surface area contributed by atoms with Crippen LogP contribution in [0.25, 0.3) is 11.0 Å². The average molecular weight is 446 g/mol. The van der Waals surface area contributed by atoms with E-state index in [9.17, 15) is 18.3 Å². The molecule has 1 atom stereocenters. The Hall–Kier alpha value is -3.66. The fourth-order valence-corrected chi connectivity index (χ4v) is 4.55. The highest BCUT2D eigenvalue weighted by Gasteiger charge is 2.50. The molecule has 1 unspecified atom stereocenters. The van der Waals surface area contributed by atoms with Crippen molar-refractivity contribution in [2.75, 3.05) is 4.90 Å². The second kappa shape index (κ2) is 7.20. The minimum Gasteiger partial charge on any atom is -0.372 e. The van der Waals surface area contributed by atoms with Crippen molar-refractivity contribution in [1.82, 2.24) is 9.97 Å². The summed E-state index contributed by atoms with van der Waals surface area (Å²) < 4.78 is 23.2. The standard InChI is InChI=1S/C23H18N4O4S/c24-32(30,31)18-9-7-17(8-10-18)23(29)19-5-1-2-6-20(19)27(22(23)28)14-15-12-16-4-3-11-25-21(16)26-13-15/h1-13,29H,14H2,(H2,24,30,31). The quantitative estimate of drug-likeness (QED) is 0.494. The predicted octanol–water partition coefficient (Wildman–Crippen LogP) is 2.06. The number of nitrogens with two attached hydrogens (primary N) is 1. The van der Waals surface area contributed by atoms with Gasteiger partial charge in [-0.1, -0.05) is 30.3 Å². The maximum atomic E-state index is 13.5. The number of carbonyl (C=O) groups excluding carboxylic acids is 1. The molecule has 2 aromatic carbocycles. The summed E-state index contributed by atoms with van der Waals surface area (Å²) in [6.45, 7) is 0.200. The van der Waals surface area contributed by atoms with E-state index >= 15 is 0 Å². The highest BCUT2D eigenvalue weighted by molar-refractivity contribution is 7.89. The maximum Gasteiger partial charge on any atom is 0.268 e. The van der Waals surface area contributed by atoms with Crippen LogP contribution in [0, 0.1) is 0 Å². The first-order valence-electron chi connectivity index (χ1n) is 9.75. The van der Waals surface area contributed by atoms with Gasteiger partial charge in [0.25, 0.3) is 5.91 Å². The van der Waals surface area contributed by atoms with Crippen molar-refractivity contribution in [3.05, 3.63) is 95.8 Å². The van der Waals surface area contributed by atoms with Crippen LogP contribution in [-0.2, 0) is 27.0 Å². The highest BCUT2D eigenvalue weighted by atomic mass is 32.2. The molecule has 0 spiro atoms. The number of hydrogen-bond acceptors (Lipinski definition) is 6. The highest BCUT2D eigenvalue weighted by Crippen LogP contribution is 2.45. The Morgan fingerprint density at radius 1 is 1.00 bits per heavy atom. The second-order valence-electron chi connectivity index (χ2n) is 7.58. The third-order valence-corrected chi connectivity index (χ3v) is 6.52. The van der Waals surface area contributed by atoms with Gasteiger partial charge in [0.1, 0.15) is 0 Å². The first-order valence-corrected chi connectivity index (χ1v) is 11.3. The SMILES string of the molecule is NS(=O)(=O)c1ccc(C2(O)C(=O)N(Cc3cnc4ncccc4c3)c3ccccc32)cc1. The predicted molar refractivity (Wildman–Crippen MR) is 118 cm³/mol. The number of amides is 1. The van der Waals surface area contributed by atoms with E-state index in [-0.39, 0.29) is 17.0 Å². The van der Waals surface area contributed by atoms with Gasteiger partial charge < -0.3 is 10.0 Å². The zero-order chi connectivity index (χ0) is 22.5. The molecule has 0 bridgehead atoms. The maximum absolute atomic E-state index is 13.5. The molecule has 2 aromatic heterocycles. The summed E-state index contributed by atoms with van der Waals surface area (Å²) in [5, 5.41) is 17.6. The molecule has 9 heteroatoms. The smallest absolute Gasteiger partial charge is 0.268 e. The Morgan fingerprint density at radius 3 is 2.50 bits per heavy atom. The molecule has 32 heavy (non-hydrogen) atoms. The van der Waals surface area contributed by atoms with Gasteiger partial charge in [-0.2, -0.15) is 0 Å². The van der Waals surface area contributed by atoms with Crippen LogP contribution in [0.5, 0.6) is 0 Å². The number of para-hydroxylation sites is 1. The minimum atomic E-state index is -3.90. The zero-order valence-electron chi connectivity index (χ0n) is 16.7. The molecule has 0 radical (unpaired) electrons. The fraction of sp³-hybridized carbons (Fsp3) is 0.0870. The molecule has 3 heterocycles. The monoisotopic (exact) mass is 446 g/mol. The fourth-order valence-electron chi connectivity index (χ4n) is 4.04. The first-order chi connectivity index (χ1) is 15.3. The molecule has 1 amide bonds. The average Bonchev–Trinajstić information content (AvgIpc) is 3.01. The Balaban J connectivity index is 1.57. The number of anilines is 1. The van der Waals surface area contributed by atoms with Gasteiger partial charge in [0.2, 0.25) is 10.0 Å². The number of hydrogen-bond donors (Lipinski definition) is 2. The molecule has 3 N–H and O–H groups in total. The minimum absolute atomic E-state index is 0.101. The number of carbonyl (C=O) groups is 1. The van der Waals surface area contributed by atoms with E-state index in [0.717, 1.165) is 10.9 Å². The van der Waals surface area contributed by atoms with E-state index < -0.39 is 21.5 Å². The van der Waals surface area contributed by atoms with Crippen LogP contribution >= 0.6 is 0 Å². The lowest BCUT2D eigenvalue weighted by molar-refractivity contribution is -0.132. The van der Waals surface area contributed by atoms with E-state index in [0.29, 0.717) is 16.9 Å². The summed E-state index contributed by atoms with van der Waals surface area (Å²) >= 11 is 0. The number of fused-ring (bicyclic) bond motifs is 2. The molecule has 8 nitrogen and oxygen atoms in total. The number of benzene rings is 2. The summed E-state index contributed by atoms with van der Waals surface area (Å²) in [7, 11) is -3.90. The van der Waals surface area contributed by atoms with Crippen LogP contribution in [0.3, 0.4) is 0 Å².